The topological polar surface area (TPSA) is 47.7 Å². The molecule has 2 rings (SSSR count). The average Bonchev–Trinajstić information content (AvgIpc) is 2.49. The van der Waals surface area contributed by atoms with E-state index in [1.807, 2.05) is 19.1 Å². The van der Waals surface area contributed by atoms with Crippen LogP contribution in [0.4, 0.5) is 0 Å². The first-order valence-electron chi connectivity index (χ1n) is 7.93. The molecule has 0 aromatic heterocycles. The summed E-state index contributed by atoms with van der Waals surface area (Å²) in [6, 6.07) is 8.15. The van der Waals surface area contributed by atoms with E-state index in [-0.39, 0.29) is 6.04 Å². The Balaban J connectivity index is 1.80. The normalized spacial score (nSPS) is 20.5. The van der Waals surface area contributed by atoms with Crippen LogP contribution in [-0.4, -0.2) is 44.9 Å². The van der Waals surface area contributed by atoms with Crippen LogP contribution in [0.15, 0.2) is 24.3 Å². The smallest absolute Gasteiger partial charge is 0.119 e. The molecule has 1 fully saturated rings. The van der Waals surface area contributed by atoms with Gasteiger partial charge in [-0.3, -0.25) is 0 Å². The number of benzene rings is 1. The third kappa shape index (κ3) is 5.30. The van der Waals surface area contributed by atoms with Crippen molar-refractivity contribution in [3.63, 3.8) is 0 Å². The Kier molecular flexibility index (Phi) is 6.49. The number of hydrogen-bond donors (Lipinski definition) is 1. The van der Waals surface area contributed by atoms with Crippen molar-refractivity contribution in [1.29, 1.82) is 0 Å². The lowest BCUT2D eigenvalue weighted by atomic mass is 10.0. The molecular formula is C17H28N2O2. The highest BCUT2D eigenvalue weighted by Crippen LogP contribution is 2.19. The van der Waals surface area contributed by atoms with Crippen LogP contribution in [-0.2, 0) is 4.74 Å². The van der Waals surface area contributed by atoms with Crippen molar-refractivity contribution in [2.75, 3.05) is 40.0 Å². The van der Waals surface area contributed by atoms with Crippen molar-refractivity contribution in [2.45, 2.75) is 25.8 Å². The summed E-state index contributed by atoms with van der Waals surface area (Å²) in [4.78, 5) is 2.32. The molecular weight excluding hydrogens is 264 g/mol. The maximum Gasteiger partial charge on any atom is 0.119 e. The van der Waals surface area contributed by atoms with Crippen LogP contribution < -0.4 is 10.5 Å². The molecule has 1 aromatic rings. The van der Waals surface area contributed by atoms with Crippen molar-refractivity contribution in [1.82, 2.24) is 4.90 Å². The SMILES string of the molecule is CCOc1ccc(C(N)CN(C)CC2CCCOC2)cc1. The predicted molar refractivity (Wildman–Crippen MR) is 85.6 cm³/mol. The molecule has 2 atom stereocenters. The molecule has 0 amide bonds. The summed E-state index contributed by atoms with van der Waals surface area (Å²) >= 11 is 0. The summed E-state index contributed by atoms with van der Waals surface area (Å²) in [5.41, 5.74) is 7.47. The number of ether oxygens (including phenoxy) is 2. The van der Waals surface area contributed by atoms with Crippen molar-refractivity contribution in [3.8, 4) is 5.75 Å². The number of nitrogens with zero attached hydrogens (tertiary/aromatic N) is 1. The molecule has 0 radical (unpaired) electrons. The minimum absolute atomic E-state index is 0.0372. The van der Waals surface area contributed by atoms with Gasteiger partial charge in [-0.1, -0.05) is 12.1 Å². The number of likely N-dealkylation sites (N-methyl/N-ethyl adjacent to an activating group) is 1. The van der Waals surface area contributed by atoms with Crippen LogP contribution in [0.1, 0.15) is 31.4 Å². The van der Waals surface area contributed by atoms with Gasteiger partial charge in [0.15, 0.2) is 0 Å². The molecule has 0 bridgehead atoms. The lowest BCUT2D eigenvalue weighted by Crippen LogP contribution is -2.35. The van der Waals surface area contributed by atoms with Gasteiger partial charge in [-0.15, -0.1) is 0 Å². The third-order valence-electron chi connectivity index (χ3n) is 3.95. The summed E-state index contributed by atoms with van der Waals surface area (Å²) in [6.07, 6.45) is 2.45. The Hall–Kier alpha value is -1.10. The Morgan fingerprint density at radius 2 is 2.14 bits per heavy atom. The van der Waals surface area contributed by atoms with Gasteiger partial charge in [-0.2, -0.15) is 0 Å². The van der Waals surface area contributed by atoms with E-state index in [1.165, 1.54) is 12.8 Å². The molecule has 0 spiro atoms. The van der Waals surface area contributed by atoms with E-state index < -0.39 is 0 Å². The summed E-state index contributed by atoms with van der Waals surface area (Å²) in [5, 5.41) is 0. The number of nitrogens with two attached hydrogens (primary N) is 1. The van der Waals surface area contributed by atoms with Crippen LogP contribution in [0.3, 0.4) is 0 Å². The van der Waals surface area contributed by atoms with Crippen molar-refractivity contribution < 1.29 is 9.47 Å². The molecule has 4 heteroatoms. The first kappa shape index (κ1) is 16.3. The van der Waals surface area contributed by atoms with Gasteiger partial charge < -0.3 is 20.1 Å². The van der Waals surface area contributed by atoms with E-state index in [0.29, 0.717) is 12.5 Å². The highest BCUT2D eigenvalue weighted by molar-refractivity contribution is 5.29. The second-order valence-electron chi connectivity index (χ2n) is 5.91. The van der Waals surface area contributed by atoms with E-state index >= 15 is 0 Å². The summed E-state index contributed by atoms with van der Waals surface area (Å²) in [5.74, 6) is 1.55. The molecule has 1 aromatic carbocycles. The van der Waals surface area contributed by atoms with Gasteiger partial charge >= 0.3 is 0 Å². The summed E-state index contributed by atoms with van der Waals surface area (Å²) in [6.45, 7) is 6.42. The van der Waals surface area contributed by atoms with Crippen LogP contribution in [0.25, 0.3) is 0 Å². The Labute approximate surface area is 128 Å². The maximum absolute atomic E-state index is 6.31. The molecule has 1 aliphatic rings. The fraction of sp³-hybridized carbons (Fsp3) is 0.647. The van der Waals surface area contributed by atoms with E-state index in [2.05, 4.69) is 24.1 Å². The molecule has 1 aliphatic heterocycles. The lowest BCUT2D eigenvalue weighted by molar-refractivity contribution is 0.0414. The first-order chi connectivity index (χ1) is 10.2. The van der Waals surface area contributed by atoms with Gasteiger partial charge in [0, 0.05) is 25.7 Å². The number of rotatable bonds is 7. The second kappa shape index (κ2) is 8.37. The van der Waals surface area contributed by atoms with Crippen LogP contribution >= 0.6 is 0 Å². The zero-order chi connectivity index (χ0) is 15.1. The summed E-state index contributed by atoms with van der Waals surface area (Å²) < 4.78 is 11.0. The summed E-state index contributed by atoms with van der Waals surface area (Å²) in [7, 11) is 2.14. The molecule has 2 N–H and O–H groups in total. The molecule has 118 valence electrons. The average molecular weight is 292 g/mol. The van der Waals surface area contributed by atoms with Gasteiger partial charge in [0.2, 0.25) is 0 Å². The standard InChI is InChI=1S/C17H28N2O2/c1-3-21-16-8-6-15(7-9-16)17(18)12-19(2)11-14-5-4-10-20-13-14/h6-9,14,17H,3-5,10-13,18H2,1-2H3. The second-order valence-corrected chi connectivity index (χ2v) is 5.91. The molecule has 1 saturated heterocycles. The first-order valence-corrected chi connectivity index (χ1v) is 7.93. The predicted octanol–water partition coefficient (Wildman–Crippen LogP) is 2.44. The molecule has 2 unspecified atom stereocenters. The van der Waals surface area contributed by atoms with Gasteiger partial charge in [-0.25, -0.2) is 0 Å². The van der Waals surface area contributed by atoms with Crippen molar-refractivity contribution in [2.24, 2.45) is 11.7 Å². The van der Waals surface area contributed by atoms with Crippen molar-refractivity contribution >= 4 is 0 Å². The van der Waals surface area contributed by atoms with E-state index in [1.54, 1.807) is 0 Å². The number of hydrogen-bond acceptors (Lipinski definition) is 4. The molecule has 4 nitrogen and oxygen atoms in total. The van der Waals surface area contributed by atoms with Crippen LogP contribution in [0.2, 0.25) is 0 Å². The fourth-order valence-electron chi connectivity index (χ4n) is 2.89. The van der Waals surface area contributed by atoms with Gasteiger partial charge in [0.05, 0.1) is 13.2 Å². The highest BCUT2D eigenvalue weighted by Gasteiger charge is 2.17. The molecule has 1 heterocycles. The third-order valence-corrected chi connectivity index (χ3v) is 3.95. The van der Waals surface area contributed by atoms with E-state index in [0.717, 1.165) is 37.6 Å². The Morgan fingerprint density at radius 1 is 1.38 bits per heavy atom. The van der Waals surface area contributed by atoms with Crippen LogP contribution in [0.5, 0.6) is 5.75 Å². The highest BCUT2D eigenvalue weighted by atomic mass is 16.5. The Morgan fingerprint density at radius 3 is 2.76 bits per heavy atom. The maximum atomic E-state index is 6.31. The zero-order valence-electron chi connectivity index (χ0n) is 13.3. The monoisotopic (exact) mass is 292 g/mol. The minimum Gasteiger partial charge on any atom is -0.494 e. The van der Waals surface area contributed by atoms with Crippen LogP contribution in [0, 0.1) is 5.92 Å². The lowest BCUT2D eigenvalue weighted by Gasteiger charge is -2.28. The molecule has 0 aliphatic carbocycles. The minimum atomic E-state index is 0.0372. The van der Waals surface area contributed by atoms with Gasteiger partial charge in [0.25, 0.3) is 0 Å². The zero-order valence-corrected chi connectivity index (χ0v) is 13.3. The van der Waals surface area contributed by atoms with Crippen molar-refractivity contribution in [3.05, 3.63) is 29.8 Å². The molecule has 0 saturated carbocycles. The quantitative estimate of drug-likeness (QED) is 0.838. The fourth-order valence-corrected chi connectivity index (χ4v) is 2.89. The van der Waals surface area contributed by atoms with E-state index in [4.69, 9.17) is 15.2 Å². The molecule has 21 heavy (non-hydrogen) atoms. The largest absolute Gasteiger partial charge is 0.494 e. The van der Waals surface area contributed by atoms with Gasteiger partial charge in [0.1, 0.15) is 5.75 Å². The van der Waals surface area contributed by atoms with Gasteiger partial charge in [-0.05, 0) is 50.4 Å². The Bertz CT molecular complexity index is 402. The van der Waals surface area contributed by atoms with E-state index in [9.17, 15) is 0 Å².